The van der Waals surface area contributed by atoms with E-state index in [1.54, 1.807) is 21.3 Å². The van der Waals surface area contributed by atoms with Crippen LogP contribution in [0.15, 0.2) is 29.4 Å². The fourth-order valence-electron chi connectivity index (χ4n) is 4.34. The summed E-state index contributed by atoms with van der Waals surface area (Å²) in [6, 6.07) is 7.49. The first-order valence-electron chi connectivity index (χ1n) is 9.86. The second-order valence-electron chi connectivity index (χ2n) is 7.43. The Bertz CT molecular complexity index is 975. The molecule has 0 radical (unpaired) electrons. The van der Waals surface area contributed by atoms with Crippen LogP contribution in [0.5, 0.6) is 28.7 Å². The molecule has 160 valence electrons. The predicted octanol–water partition coefficient (Wildman–Crippen LogP) is 1.82. The van der Waals surface area contributed by atoms with Gasteiger partial charge in [-0.2, -0.15) is 0 Å². The lowest BCUT2D eigenvalue weighted by Crippen LogP contribution is -3.10. The van der Waals surface area contributed by atoms with Gasteiger partial charge in [0.1, 0.15) is 17.5 Å². The summed E-state index contributed by atoms with van der Waals surface area (Å²) >= 11 is 0. The Hall–Kier alpha value is -3.13. The average Bonchev–Trinajstić information content (AvgIpc) is 3.25. The number of hydrogen-bond acceptors (Lipinski definition) is 7. The molecule has 0 fully saturated rings. The fraction of sp³-hybridized carbons (Fsp3) is 0.409. The van der Waals surface area contributed by atoms with Crippen molar-refractivity contribution in [3.05, 3.63) is 41.0 Å². The van der Waals surface area contributed by atoms with Crippen LogP contribution in [0.3, 0.4) is 0 Å². The first-order chi connectivity index (χ1) is 14.6. The highest BCUT2D eigenvalue weighted by atomic mass is 16.7. The van der Waals surface area contributed by atoms with Crippen molar-refractivity contribution in [3.8, 4) is 28.7 Å². The highest BCUT2D eigenvalue weighted by Crippen LogP contribution is 2.48. The molecule has 0 spiro atoms. The van der Waals surface area contributed by atoms with Crippen LogP contribution in [0.25, 0.3) is 0 Å². The fourth-order valence-corrected chi connectivity index (χ4v) is 4.34. The van der Waals surface area contributed by atoms with E-state index in [2.05, 4.69) is 12.2 Å². The molecule has 8 nitrogen and oxygen atoms in total. The Morgan fingerprint density at radius 2 is 2.00 bits per heavy atom. The minimum Gasteiger partial charge on any atom is -0.497 e. The Balaban J connectivity index is 1.77. The number of nitrogens with one attached hydrogen (secondary N) is 1. The van der Waals surface area contributed by atoms with Gasteiger partial charge in [-0.25, -0.2) is 0 Å². The molecule has 0 saturated carbocycles. The van der Waals surface area contributed by atoms with Crippen LogP contribution in [0.2, 0.25) is 0 Å². The highest BCUT2D eigenvalue weighted by Gasteiger charge is 2.37. The maximum atomic E-state index is 9.92. The van der Waals surface area contributed by atoms with Crippen molar-refractivity contribution in [2.75, 3.05) is 41.7 Å². The number of methoxy groups -OCH3 is 3. The molecule has 2 aromatic rings. The maximum Gasteiger partial charge on any atom is 0.231 e. The van der Waals surface area contributed by atoms with Gasteiger partial charge in [-0.3, -0.25) is 0 Å². The third-order valence-corrected chi connectivity index (χ3v) is 5.92. The van der Waals surface area contributed by atoms with Crippen LogP contribution in [-0.2, 0) is 6.42 Å². The number of likely N-dealkylation sites (N-methyl/N-ethyl adjacent to an activating group) is 1. The number of benzene rings is 2. The van der Waals surface area contributed by atoms with E-state index >= 15 is 0 Å². The average molecular weight is 415 g/mol. The summed E-state index contributed by atoms with van der Waals surface area (Å²) in [5.74, 6) is 3.33. The van der Waals surface area contributed by atoms with Crippen molar-refractivity contribution in [2.45, 2.75) is 18.9 Å². The van der Waals surface area contributed by atoms with Crippen molar-refractivity contribution in [1.82, 2.24) is 0 Å². The molecule has 2 aliphatic heterocycles. The van der Waals surface area contributed by atoms with Crippen molar-refractivity contribution >= 4 is 5.71 Å². The first kappa shape index (κ1) is 20.2. The highest BCUT2D eigenvalue weighted by molar-refractivity contribution is 6.03. The molecule has 2 aliphatic rings. The summed E-state index contributed by atoms with van der Waals surface area (Å²) in [6.45, 7) is 1.13. The molecule has 0 bridgehead atoms. The van der Waals surface area contributed by atoms with E-state index < -0.39 is 0 Å². The van der Waals surface area contributed by atoms with Crippen LogP contribution in [-0.4, -0.2) is 52.6 Å². The Morgan fingerprint density at radius 3 is 2.70 bits per heavy atom. The summed E-state index contributed by atoms with van der Waals surface area (Å²) < 4.78 is 27.9. The molecule has 2 aromatic carbocycles. The van der Waals surface area contributed by atoms with Gasteiger partial charge in [0, 0.05) is 12.0 Å². The molecule has 2 heterocycles. The Labute approximate surface area is 175 Å². The van der Waals surface area contributed by atoms with Gasteiger partial charge in [-0.1, -0.05) is 5.16 Å². The minimum atomic E-state index is 0.00000661. The number of rotatable bonds is 6. The number of fused-ring (bicyclic) bond motifs is 2. The van der Waals surface area contributed by atoms with Crippen LogP contribution in [0.1, 0.15) is 29.2 Å². The molecule has 0 aliphatic carbocycles. The van der Waals surface area contributed by atoms with Gasteiger partial charge >= 0.3 is 0 Å². The molecular weight excluding hydrogens is 388 g/mol. The molecule has 4 rings (SSSR count). The van der Waals surface area contributed by atoms with Gasteiger partial charge < -0.3 is 33.8 Å². The van der Waals surface area contributed by atoms with Gasteiger partial charge in [0.05, 0.1) is 52.6 Å². The van der Waals surface area contributed by atoms with Crippen molar-refractivity contribution in [2.24, 2.45) is 5.16 Å². The summed E-state index contributed by atoms with van der Waals surface area (Å²) in [5.41, 5.74) is 3.44. The van der Waals surface area contributed by atoms with Crippen molar-refractivity contribution in [3.63, 3.8) is 0 Å². The van der Waals surface area contributed by atoms with Gasteiger partial charge in [0.2, 0.25) is 12.5 Å². The molecule has 8 heteroatoms. The Morgan fingerprint density at radius 1 is 1.17 bits per heavy atom. The zero-order chi connectivity index (χ0) is 21.3. The van der Waals surface area contributed by atoms with Gasteiger partial charge in [0.15, 0.2) is 11.5 Å². The lowest BCUT2D eigenvalue weighted by molar-refractivity contribution is -0.913. The van der Waals surface area contributed by atoms with Gasteiger partial charge in [-0.05, 0) is 29.8 Å². The second kappa shape index (κ2) is 8.31. The van der Waals surface area contributed by atoms with Crippen molar-refractivity contribution < 1.29 is 33.8 Å². The summed E-state index contributed by atoms with van der Waals surface area (Å²) in [5, 5.41) is 13.6. The number of quaternary nitrogens is 1. The predicted molar refractivity (Wildman–Crippen MR) is 110 cm³/mol. The van der Waals surface area contributed by atoms with Crippen molar-refractivity contribution in [1.29, 1.82) is 0 Å². The third kappa shape index (κ3) is 3.37. The van der Waals surface area contributed by atoms with Crippen LogP contribution < -0.4 is 28.6 Å². The van der Waals surface area contributed by atoms with E-state index in [9.17, 15) is 5.21 Å². The minimum absolute atomic E-state index is 0.00000661. The summed E-state index contributed by atoms with van der Waals surface area (Å²) in [6.07, 6.45) is 1.38. The standard InChI is InChI=1S/C22H26N2O6/c1-24-8-7-13-9-19-21(30-12-29-19)22(28-4)20(13)17(24)11-16(23-25)15-10-14(26-2)5-6-18(15)27-3/h5-6,9-10,17,25H,7-8,11-12H2,1-4H3/p+1/b23-16+/t17-/m1/s1. The summed E-state index contributed by atoms with van der Waals surface area (Å²) in [7, 11) is 6.97. The number of nitrogens with zero attached hydrogens (tertiary/aromatic N) is 1. The quantitative estimate of drug-likeness (QED) is 0.426. The maximum absolute atomic E-state index is 9.92. The zero-order valence-corrected chi connectivity index (χ0v) is 17.7. The molecule has 2 N–H and O–H groups in total. The molecule has 0 saturated heterocycles. The largest absolute Gasteiger partial charge is 0.497 e. The van der Waals surface area contributed by atoms with E-state index in [4.69, 9.17) is 23.7 Å². The van der Waals surface area contributed by atoms with Gasteiger partial charge in [-0.15, -0.1) is 0 Å². The molecular formula is C22H27N2O6+. The SMILES string of the molecule is COc1ccc(OC)c(/C(C[C@@H]2c3c(cc4c(c3OC)OCO4)CC[NH+]2C)=N/O)c1. The second-order valence-corrected chi connectivity index (χ2v) is 7.43. The van der Waals surface area contributed by atoms with Crippen LogP contribution in [0, 0.1) is 0 Å². The number of ether oxygens (including phenoxy) is 5. The smallest absolute Gasteiger partial charge is 0.231 e. The van der Waals surface area contributed by atoms with Gasteiger partial charge in [0.25, 0.3) is 0 Å². The molecule has 0 aromatic heterocycles. The monoisotopic (exact) mass is 415 g/mol. The van der Waals surface area contributed by atoms with E-state index in [-0.39, 0.29) is 12.8 Å². The Kier molecular flexibility index (Phi) is 5.59. The molecule has 1 unspecified atom stereocenters. The van der Waals surface area contributed by atoms with E-state index in [0.717, 1.165) is 24.3 Å². The molecule has 2 atom stereocenters. The topological polar surface area (TPSA) is 83.2 Å². The van der Waals surface area contributed by atoms with E-state index in [0.29, 0.717) is 40.7 Å². The normalized spacial score (nSPS) is 19.9. The third-order valence-electron chi connectivity index (χ3n) is 5.92. The van der Waals surface area contributed by atoms with Crippen LogP contribution >= 0.6 is 0 Å². The number of oxime groups is 1. The van der Waals surface area contributed by atoms with E-state index in [1.165, 1.54) is 10.5 Å². The lowest BCUT2D eigenvalue weighted by atomic mass is 9.87. The first-order valence-corrected chi connectivity index (χ1v) is 9.86. The van der Waals surface area contributed by atoms with E-state index in [1.807, 2.05) is 24.3 Å². The van der Waals surface area contributed by atoms with Crippen LogP contribution in [0.4, 0.5) is 0 Å². The summed E-state index contributed by atoms with van der Waals surface area (Å²) in [4.78, 5) is 1.29. The molecule has 30 heavy (non-hydrogen) atoms. The molecule has 0 amide bonds. The number of hydrogen-bond donors (Lipinski definition) is 2. The lowest BCUT2D eigenvalue weighted by Gasteiger charge is -2.33. The zero-order valence-electron chi connectivity index (χ0n) is 17.7.